The summed E-state index contributed by atoms with van der Waals surface area (Å²) in [5.74, 6) is 0.859. The van der Waals surface area contributed by atoms with Gasteiger partial charge in [-0.15, -0.1) is 0 Å². The van der Waals surface area contributed by atoms with Gasteiger partial charge in [-0.1, -0.05) is 27.2 Å². The van der Waals surface area contributed by atoms with E-state index in [9.17, 15) is 0 Å². The lowest BCUT2D eigenvalue weighted by Crippen LogP contribution is -1.95. The zero-order chi connectivity index (χ0) is 10.8. The molecule has 0 spiro atoms. The van der Waals surface area contributed by atoms with Crippen molar-refractivity contribution >= 4 is 0 Å². The molecule has 0 bridgehead atoms. The van der Waals surface area contributed by atoms with E-state index in [0.29, 0.717) is 0 Å². The molecular formula is C12H21NO. The number of hydrogen-bond acceptors (Lipinski definition) is 2. The van der Waals surface area contributed by atoms with Gasteiger partial charge in [0.2, 0.25) is 0 Å². The second-order valence-electron chi connectivity index (χ2n) is 3.19. The van der Waals surface area contributed by atoms with Crippen LogP contribution in [-0.4, -0.2) is 11.6 Å². The minimum atomic E-state index is 0.769. The maximum Gasteiger partial charge on any atom is 0.137 e. The van der Waals surface area contributed by atoms with Gasteiger partial charge < -0.3 is 4.74 Å². The van der Waals surface area contributed by atoms with Crippen LogP contribution in [0.1, 0.15) is 39.3 Å². The maximum absolute atomic E-state index is 5.35. The van der Waals surface area contributed by atoms with E-state index in [1.165, 1.54) is 6.42 Å². The van der Waals surface area contributed by atoms with Gasteiger partial charge in [-0.05, 0) is 25.5 Å². The van der Waals surface area contributed by atoms with Crippen LogP contribution in [0.5, 0.6) is 5.75 Å². The molecular weight excluding hydrogens is 174 g/mol. The molecule has 0 saturated heterocycles. The van der Waals surface area contributed by atoms with Gasteiger partial charge in [0.15, 0.2) is 0 Å². The van der Waals surface area contributed by atoms with Gasteiger partial charge in [-0.3, -0.25) is 4.98 Å². The summed E-state index contributed by atoms with van der Waals surface area (Å²) in [6.45, 7) is 9.07. The van der Waals surface area contributed by atoms with Crippen molar-refractivity contribution in [2.24, 2.45) is 0 Å². The summed E-state index contributed by atoms with van der Waals surface area (Å²) in [6.07, 6.45) is 4.04. The third kappa shape index (κ3) is 6.46. The topological polar surface area (TPSA) is 22.1 Å². The lowest BCUT2D eigenvalue weighted by Gasteiger charge is -2.02. The minimum Gasteiger partial charge on any atom is -0.492 e. The number of nitrogens with zero attached hydrogens (tertiary/aromatic N) is 1. The van der Waals surface area contributed by atoms with Crippen molar-refractivity contribution < 1.29 is 4.74 Å². The number of aromatic nitrogens is 1. The Labute approximate surface area is 87.3 Å². The van der Waals surface area contributed by atoms with E-state index >= 15 is 0 Å². The molecule has 0 fully saturated rings. The van der Waals surface area contributed by atoms with Crippen molar-refractivity contribution in [3.05, 3.63) is 24.0 Å². The number of ether oxygens (including phenoxy) is 1. The Morgan fingerprint density at radius 1 is 1.21 bits per heavy atom. The summed E-state index contributed by atoms with van der Waals surface area (Å²) in [5.41, 5.74) is 1.02. The highest BCUT2D eigenvalue weighted by atomic mass is 16.5. The first-order valence-electron chi connectivity index (χ1n) is 5.30. The molecule has 2 heteroatoms. The quantitative estimate of drug-likeness (QED) is 0.735. The predicted molar refractivity (Wildman–Crippen MR) is 60.7 cm³/mol. The van der Waals surface area contributed by atoms with E-state index in [1.54, 1.807) is 6.20 Å². The molecule has 0 N–H and O–H groups in total. The Morgan fingerprint density at radius 2 is 1.86 bits per heavy atom. The molecule has 1 heterocycles. The Kier molecular flexibility index (Phi) is 7.90. The fraction of sp³-hybridized carbons (Fsp3) is 0.583. The normalized spacial score (nSPS) is 8.86. The number of hydrogen-bond donors (Lipinski definition) is 0. The highest BCUT2D eigenvalue weighted by Gasteiger charge is 1.90. The smallest absolute Gasteiger partial charge is 0.137 e. The highest BCUT2D eigenvalue weighted by Crippen LogP contribution is 2.08. The predicted octanol–water partition coefficient (Wildman–Crippen LogP) is 3.60. The van der Waals surface area contributed by atoms with Crippen molar-refractivity contribution in [2.75, 3.05) is 6.61 Å². The first-order valence-corrected chi connectivity index (χ1v) is 5.30. The molecule has 0 aliphatic carbocycles. The fourth-order valence-corrected chi connectivity index (χ4v) is 0.760. The van der Waals surface area contributed by atoms with E-state index in [1.807, 2.05) is 19.1 Å². The zero-order valence-corrected chi connectivity index (χ0v) is 9.71. The van der Waals surface area contributed by atoms with E-state index < -0.39 is 0 Å². The summed E-state index contributed by atoms with van der Waals surface area (Å²) in [5, 5.41) is 0. The van der Waals surface area contributed by atoms with Gasteiger partial charge >= 0.3 is 0 Å². The van der Waals surface area contributed by atoms with Gasteiger partial charge in [0.05, 0.1) is 12.8 Å². The van der Waals surface area contributed by atoms with Crippen molar-refractivity contribution in [3.63, 3.8) is 0 Å². The fourth-order valence-electron chi connectivity index (χ4n) is 0.760. The summed E-state index contributed by atoms with van der Waals surface area (Å²) < 4.78 is 5.35. The maximum atomic E-state index is 5.35. The minimum absolute atomic E-state index is 0.769. The second-order valence-corrected chi connectivity index (χ2v) is 3.19. The summed E-state index contributed by atoms with van der Waals surface area (Å²) >= 11 is 0. The first-order chi connectivity index (χ1) is 6.74. The number of pyridine rings is 1. The summed E-state index contributed by atoms with van der Waals surface area (Å²) in [6, 6.07) is 3.89. The average Bonchev–Trinajstić information content (AvgIpc) is 2.18. The molecule has 80 valence electrons. The van der Waals surface area contributed by atoms with Crippen LogP contribution >= 0.6 is 0 Å². The van der Waals surface area contributed by atoms with Gasteiger partial charge in [0.25, 0.3) is 0 Å². The zero-order valence-electron chi connectivity index (χ0n) is 9.71. The third-order valence-corrected chi connectivity index (χ3v) is 1.36. The van der Waals surface area contributed by atoms with Gasteiger partial charge in [0, 0.05) is 5.69 Å². The van der Waals surface area contributed by atoms with Crippen LogP contribution in [0.25, 0.3) is 0 Å². The molecule has 0 aromatic carbocycles. The van der Waals surface area contributed by atoms with Crippen molar-refractivity contribution in [1.29, 1.82) is 0 Å². The number of aryl methyl sites for hydroxylation is 1. The van der Waals surface area contributed by atoms with Crippen LogP contribution in [0.2, 0.25) is 0 Å². The van der Waals surface area contributed by atoms with Gasteiger partial charge in [-0.2, -0.15) is 0 Å². The van der Waals surface area contributed by atoms with Gasteiger partial charge in [-0.25, -0.2) is 0 Å². The molecule has 0 amide bonds. The second kappa shape index (κ2) is 8.54. The van der Waals surface area contributed by atoms with E-state index in [-0.39, 0.29) is 0 Å². The largest absolute Gasteiger partial charge is 0.492 e. The molecule has 0 aliphatic rings. The van der Waals surface area contributed by atoms with Crippen LogP contribution in [0, 0.1) is 6.92 Å². The molecule has 1 aromatic rings. The monoisotopic (exact) mass is 195 g/mol. The third-order valence-electron chi connectivity index (χ3n) is 1.36. The standard InChI is InChI=1S/C9H13NO.C3H8/c1-3-6-11-9-5-4-8(2)10-7-9;1-3-2/h4-5,7H,3,6H2,1-2H3;3H2,1-2H3. The van der Waals surface area contributed by atoms with Crippen molar-refractivity contribution in [3.8, 4) is 5.75 Å². The van der Waals surface area contributed by atoms with E-state index in [4.69, 9.17) is 4.74 Å². The van der Waals surface area contributed by atoms with Crippen LogP contribution in [-0.2, 0) is 0 Å². The summed E-state index contributed by atoms with van der Waals surface area (Å²) in [7, 11) is 0. The SMILES string of the molecule is CCC.CCCOc1ccc(C)nc1. The molecule has 0 radical (unpaired) electrons. The molecule has 1 aromatic heterocycles. The molecule has 0 saturated carbocycles. The molecule has 0 atom stereocenters. The Bertz CT molecular complexity index is 218. The van der Waals surface area contributed by atoms with E-state index in [0.717, 1.165) is 24.5 Å². The first kappa shape index (κ1) is 12.9. The molecule has 0 unspecified atom stereocenters. The Morgan fingerprint density at radius 3 is 2.29 bits per heavy atom. The Balaban J connectivity index is 0.000000500. The van der Waals surface area contributed by atoms with E-state index in [2.05, 4.69) is 25.8 Å². The van der Waals surface area contributed by atoms with Crippen LogP contribution in [0.3, 0.4) is 0 Å². The summed E-state index contributed by atoms with van der Waals surface area (Å²) in [4.78, 5) is 4.11. The molecule has 14 heavy (non-hydrogen) atoms. The van der Waals surface area contributed by atoms with Gasteiger partial charge in [0.1, 0.15) is 5.75 Å². The van der Waals surface area contributed by atoms with Crippen molar-refractivity contribution in [1.82, 2.24) is 4.98 Å². The van der Waals surface area contributed by atoms with Crippen LogP contribution in [0.15, 0.2) is 18.3 Å². The molecule has 0 aliphatic heterocycles. The van der Waals surface area contributed by atoms with Crippen LogP contribution < -0.4 is 4.74 Å². The Hall–Kier alpha value is -1.05. The lowest BCUT2D eigenvalue weighted by molar-refractivity contribution is 0.316. The van der Waals surface area contributed by atoms with Crippen molar-refractivity contribution in [2.45, 2.75) is 40.5 Å². The average molecular weight is 195 g/mol. The van der Waals surface area contributed by atoms with Crippen LogP contribution in [0.4, 0.5) is 0 Å². The highest BCUT2D eigenvalue weighted by molar-refractivity contribution is 5.18. The number of rotatable bonds is 3. The molecule has 2 nitrogen and oxygen atoms in total. The lowest BCUT2D eigenvalue weighted by atomic mass is 10.4. The molecule has 1 rings (SSSR count).